The van der Waals surface area contributed by atoms with Gasteiger partial charge in [-0.25, -0.2) is 9.59 Å². The van der Waals surface area contributed by atoms with E-state index in [2.05, 4.69) is 31.9 Å². The number of amides is 7. The minimum atomic E-state index is -1.42. The normalized spacial score (nSPS) is 22.1. The Balaban J connectivity index is 2.09. The third kappa shape index (κ3) is 17.6. The third-order valence-corrected chi connectivity index (χ3v) is 11.8. The number of carbonyl (C=O) groups is 8. The van der Waals surface area contributed by atoms with Crippen molar-refractivity contribution in [2.24, 2.45) is 5.92 Å². The van der Waals surface area contributed by atoms with Crippen LogP contribution in [0.4, 0.5) is 4.79 Å². The lowest BCUT2D eigenvalue weighted by Crippen LogP contribution is -2.60. The van der Waals surface area contributed by atoms with Crippen LogP contribution < -0.4 is 31.9 Å². The van der Waals surface area contributed by atoms with Crippen molar-refractivity contribution >= 4 is 58.3 Å². The van der Waals surface area contributed by atoms with Gasteiger partial charge < -0.3 is 51.8 Å². The Labute approximate surface area is 376 Å². The lowest BCUT2D eigenvalue weighted by Gasteiger charge is -2.32. The predicted octanol–water partition coefficient (Wildman–Crippen LogP) is 1.04. The van der Waals surface area contributed by atoms with Crippen LogP contribution in [0.1, 0.15) is 76.8 Å². The van der Waals surface area contributed by atoms with Gasteiger partial charge in [-0.3, -0.25) is 33.0 Å². The monoisotopic (exact) mass is 913 g/mol. The van der Waals surface area contributed by atoms with Crippen molar-refractivity contribution in [2.45, 2.75) is 115 Å². The molecular formula is C44H63N7O12S. The van der Waals surface area contributed by atoms with E-state index in [0.717, 1.165) is 23.0 Å². The maximum atomic E-state index is 14.7. The first-order valence-electron chi connectivity index (χ1n) is 21.4. The van der Waals surface area contributed by atoms with Crippen molar-refractivity contribution in [2.75, 3.05) is 32.2 Å². The maximum Gasteiger partial charge on any atom is 0.326 e. The largest absolute Gasteiger partial charge is 0.508 e. The van der Waals surface area contributed by atoms with Crippen molar-refractivity contribution in [3.05, 3.63) is 65.7 Å². The van der Waals surface area contributed by atoms with Crippen LogP contribution >= 0.6 is 0 Å². The number of esters is 1. The zero-order chi connectivity index (χ0) is 47.3. The molecule has 1 heterocycles. The van der Waals surface area contributed by atoms with E-state index in [9.17, 15) is 52.8 Å². The second-order valence-corrected chi connectivity index (χ2v) is 17.5. The Bertz CT molecular complexity index is 1940. The topological polar surface area (TPSA) is 279 Å². The van der Waals surface area contributed by atoms with Gasteiger partial charge in [0.2, 0.25) is 29.5 Å². The first kappa shape index (κ1) is 52.3. The Kier molecular flexibility index (Phi) is 21.7. The van der Waals surface area contributed by atoms with E-state index >= 15 is 0 Å². The highest BCUT2D eigenvalue weighted by Crippen LogP contribution is 2.17. The van der Waals surface area contributed by atoms with Gasteiger partial charge in [-0.1, -0.05) is 62.7 Å². The van der Waals surface area contributed by atoms with Gasteiger partial charge in [-0.05, 0) is 80.5 Å². The van der Waals surface area contributed by atoms with Crippen molar-refractivity contribution in [1.29, 1.82) is 0 Å². The van der Waals surface area contributed by atoms with Crippen LogP contribution in [-0.2, 0) is 61.9 Å². The molecule has 1 aliphatic rings. The first-order valence-corrected chi connectivity index (χ1v) is 23.1. The predicted molar refractivity (Wildman–Crippen MR) is 237 cm³/mol. The van der Waals surface area contributed by atoms with Crippen LogP contribution in [0.5, 0.6) is 5.75 Å². The highest BCUT2D eigenvalue weighted by Gasteiger charge is 2.36. The third-order valence-electron chi connectivity index (χ3n) is 11.0. The number of likely N-dealkylation sites (N-methyl/N-ethyl adjacent to an activating group) is 1. The Morgan fingerprint density at radius 3 is 2.09 bits per heavy atom. The van der Waals surface area contributed by atoms with E-state index in [1.807, 2.05) is 30.3 Å². The summed E-state index contributed by atoms with van der Waals surface area (Å²) in [4.78, 5) is 109. The summed E-state index contributed by atoms with van der Waals surface area (Å²) in [5.74, 6) is -6.22. The Morgan fingerprint density at radius 2 is 1.47 bits per heavy atom. The summed E-state index contributed by atoms with van der Waals surface area (Å²) in [5.41, 5.74) is 1.56. The second-order valence-electron chi connectivity index (χ2n) is 15.9. The zero-order valence-electron chi connectivity index (χ0n) is 37.1. The van der Waals surface area contributed by atoms with Gasteiger partial charge in [0.25, 0.3) is 0 Å². The fraction of sp³-hybridized carbons (Fsp3) is 0.545. The van der Waals surface area contributed by atoms with E-state index in [1.54, 1.807) is 26.0 Å². The fourth-order valence-electron chi connectivity index (χ4n) is 6.93. The number of carbonyl (C=O) groups excluding carboxylic acids is 7. The number of carboxylic acids is 1. The van der Waals surface area contributed by atoms with Crippen LogP contribution in [0, 0.1) is 5.92 Å². The van der Waals surface area contributed by atoms with Crippen LogP contribution in [-0.4, -0.2) is 135 Å². The maximum absolute atomic E-state index is 14.7. The molecule has 4 unspecified atom stereocenters. The van der Waals surface area contributed by atoms with Gasteiger partial charge in [0, 0.05) is 43.3 Å². The number of hydrogen-bond acceptors (Lipinski definition) is 11. The number of ether oxygens (including phenoxy) is 1. The van der Waals surface area contributed by atoms with E-state index in [-0.39, 0.29) is 63.0 Å². The zero-order valence-corrected chi connectivity index (χ0v) is 37.9. The Hall–Kier alpha value is -6.05. The molecule has 0 radical (unpaired) electrons. The van der Waals surface area contributed by atoms with Crippen LogP contribution in [0.25, 0.3) is 0 Å². The summed E-state index contributed by atoms with van der Waals surface area (Å²) in [6, 6.07) is 6.56. The molecule has 3 rings (SSSR count). The Morgan fingerprint density at radius 1 is 0.844 bits per heavy atom. The average Bonchev–Trinajstić information content (AvgIpc) is 3.26. The summed E-state index contributed by atoms with van der Waals surface area (Å²) in [6.07, 6.45) is 2.74. The molecule has 0 bridgehead atoms. The SMILES string of the molecule is CC[C@H](C)[C@H](NC(=O)NC1CCCCNC(=O)C(COC(C)=O)NC(=O)[C@H](CCc2ccc(O)cc2)N(C)C(=O)[C@H](CCc2ccccc2)NC(=O)C(CCS(C)=O)NC1=O)C(=O)O. The summed E-state index contributed by atoms with van der Waals surface area (Å²) >= 11 is 0. The van der Waals surface area contributed by atoms with Gasteiger partial charge in [-0.15, -0.1) is 0 Å². The number of aromatic hydroxyl groups is 1. The standard InChI is InChI=1S/C44H63N7O12S/c1-6-27(2)37(43(59)60)50-44(61)49-32-14-10-11-24-45-38(54)35(26-63-28(3)52)48-41(57)36(22-18-30-15-19-31(53)20-16-30)51(4)42(58)34(21-17-29-12-8-7-9-13-29)47-40(56)33(46-39(32)55)23-25-64(5)62/h7-9,12-13,15-16,19-20,27,32-37,53H,6,10-11,14,17-18,21-26H2,1-5H3,(H,45,54)(H,46,55)(H,47,56)(H,48,57)(H,59,60)(H2,49,50,61)/t27-,32?,33?,34-,35?,36-,37-,64?/m0/s1. The van der Waals surface area contributed by atoms with Gasteiger partial charge in [0.05, 0.1) is 0 Å². The van der Waals surface area contributed by atoms with Crippen molar-refractivity contribution in [3.63, 3.8) is 0 Å². The van der Waals surface area contributed by atoms with Crippen LogP contribution in [0.3, 0.4) is 0 Å². The number of benzene rings is 2. The molecule has 2 aromatic carbocycles. The number of urea groups is 1. The number of phenolic OH excluding ortho intramolecular Hbond substituents is 1. The number of carboxylic acid groups (broad SMARTS) is 1. The first-order chi connectivity index (χ1) is 30.4. The minimum absolute atomic E-state index is 0.0139. The number of hydrogen-bond donors (Lipinski definition) is 8. The highest BCUT2D eigenvalue weighted by molar-refractivity contribution is 7.84. The molecule has 0 spiro atoms. The lowest BCUT2D eigenvalue weighted by atomic mass is 9.99. The lowest BCUT2D eigenvalue weighted by molar-refractivity contribution is -0.146. The molecule has 20 heteroatoms. The van der Waals surface area contributed by atoms with Gasteiger partial charge >= 0.3 is 18.0 Å². The summed E-state index contributed by atoms with van der Waals surface area (Å²) in [5, 5.41) is 35.3. The molecule has 7 amide bonds. The molecule has 0 aliphatic carbocycles. The second kappa shape index (κ2) is 26.5. The minimum Gasteiger partial charge on any atom is -0.508 e. The van der Waals surface area contributed by atoms with E-state index in [1.165, 1.54) is 25.4 Å². The molecule has 0 saturated carbocycles. The molecule has 1 aliphatic heterocycles. The number of aliphatic carboxylic acids is 1. The molecule has 0 aromatic heterocycles. The number of nitrogens with one attached hydrogen (secondary N) is 6. The number of phenols is 1. The molecule has 8 N–H and O–H groups in total. The number of nitrogens with zero attached hydrogens (tertiary/aromatic N) is 1. The van der Waals surface area contributed by atoms with Crippen LogP contribution in [0.2, 0.25) is 0 Å². The van der Waals surface area contributed by atoms with Gasteiger partial charge in [0.1, 0.15) is 48.6 Å². The van der Waals surface area contributed by atoms with Crippen molar-refractivity contribution in [1.82, 2.24) is 36.8 Å². The highest BCUT2D eigenvalue weighted by atomic mass is 32.2. The van der Waals surface area contributed by atoms with Crippen molar-refractivity contribution < 1.29 is 57.5 Å². The van der Waals surface area contributed by atoms with Gasteiger partial charge in [0.15, 0.2) is 0 Å². The van der Waals surface area contributed by atoms with Crippen molar-refractivity contribution in [3.8, 4) is 5.75 Å². The summed E-state index contributed by atoms with van der Waals surface area (Å²) in [6.45, 7) is 4.02. The molecule has 1 fully saturated rings. The summed E-state index contributed by atoms with van der Waals surface area (Å²) in [7, 11) is -0.0367. The van der Waals surface area contributed by atoms with E-state index in [4.69, 9.17) is 4.74 Å². The molecule has 2 aromatic rings. The average molecular weight is 914 g/mol. The molecule has 352 valence electrons. The van der Waals surface area contributed by atoms with E-state index in [0.29, 0.717) is 12.8 Å². The molecule has 8 atom stereocenters. The quantitative estimate of drug-likeness (QED) is 0.110. The molecular weight excluding hydrogens is 851 g/mol. The van der Waals surface area contributed by atoms with Crippen LogP contribution in [0.15, 0.2) is 54.6 Å². The van der Waals surface area contributed by atoms with E-state index < -0.39 is 107 Å². The summed E-state index contributed by atoms with van der Waals surface area (Å²) < 4.78 is 17.5. The number of rotatable bonds is 16. The molecule has 19 nitrogen and oxygen atoms in total. The fourth-order valence-corrected chi connectivity index (χ4v) is 7.50. The molecule has 1 saturated heterocycles. The number of aryl methyl sites for hydroxylation is 2. The molecule has 64 heavy (non-hydrogen) atoms. The smallest absolute Gasteiger partial charge is 0.326 e. The van der Waals surface area contributed by atoms with Gasteiger partial charge in [-0.2, -0.15) is 0 Å².